The van der Waals surface area contributed by atoms with Crippen LogP contribution < -0.4 is 0 Å². The maximum atomic E-state index is 12.6. The summed E-state index contributed by atoms with van der Waals surface area (Å²) in [4.78, 5) is 52.7. The molecule has 0 aliphatic rings. The first-order chi connectivity index (χ1) is 29.7. The summed E-state index contributed by atoms with van der Waals surface area (Å²) in [6.07, 6.45) is 44.4. The van der Waals surface area contributed by atoms with E-state index in [9.17, 15) is 33.8 Å². The monoisotopic (exact) mass is 916 g/mol. The second-order valence-electron chi connectivity index (χ2n) is 14.9. The van der Waals surface area contributed by atoms with Gasteiger partial charge in [-0.05, 0) is 96.8 Å². The van der Waals surface area contributed by atoms with E-state index in [-0.39, 0.29) is 18.9 Å². The second-order valence-corrected chi connectivity index (χ2v) is 17.6. The molecular weight excluding hydrogens is 838 g/mol. The lowest BCUT2D eigenvalue weighted by atomic mass is 10.1. The molecule has 4 atom stereocenters. The first-order valence-corrected chi connectivity index (χ1v) is 25.3. The van der Waals surface area contributed by atoms with E-state index in [0.717, 1.165) is 57.8 Å². The lowest BCUT2D eigenvalue weighted by molar-refractivity contribution is -0.161. The lowest BCUT2D eigenvalue weighted by Gasteiger charge is -2.20. The number of hydrogen-bond acceptors (Lipinski definition) is 11. The number of esters is 2. The number of allylic oxidation sites excluding steroid dienone is 14. The zero-order valence-electron chi connectivity index (χ0n) is 37.3. The molecule has 0 spiro atoms. The smallest absolute Gasteiger partial charge is 0.462 e. The Balaban J connectivity index is 4.69. The number of carbonyl (C=O) groups excluding carboxylic acids is 2. The molecular formula is C46H78O14P2. The summed E-state index contributed by atoms with van der Waals surface area (Å²) in [6, 6.07) is 0. The number of phosphoric acid groups is 2. The van der Waals surface area contributed by atoms with Gasteiger partial charge in [-0.25, -0.2) is 9.13 Å². The van der Waals surface area contributed by atoms with E-state index in [1.807, 2.05) is 24.3 Å². The Morgan fingerprint density at radius 3 is 1.44 bits per heavy atom. The molecule has 356 valence electrons. The van der Waals surface area contributed by atoms with Crippen LogP contribution in [0.5, 0.6) is 0 Å². The third-order valence-corrected chi connectivity index (χ3v) is 10.2. The number of phosphoric ester groups is 2. The van der Waals surface area contributed by atoms with Crippen LogP contribution in [0.4, 0.5) is 0 Å². The SMILES string of the molecule is CCCCCCCC/C=C\C/C=C\C/C=C\CCCC(=O)O[C@H](COC(=O)CCC/C=C\C/C=C\C/C=C\C/C=C\CCC[C@@H](C)O)COP(=O)(O)OC[C@@H](O)COP(=O)(O)O. The molecule has 0 heterocycles. The van der Waals surface area contributed by atoms with Gasteiger partial charge in [0.25, 0.3) is 0 Å². The average Bonchev–Trinajstić information content (AvgIpc) is 3.22. The van der Waals surface area contributed by atoms with Crippen LogP contribution in [0.1, 0.15) is 149 Å². The van der Waals surface area contributed by atoms with Crippen molar-refractivity contribution >= 4 is 27.6 Å². The van der Waals surface area contributed by atoms with Crippen molar-refractivity contribution in [3.05, 3.63) is 85.1 Å². The number of unbranched alkanes of at least 4 members (excludes halogenated alkanes) is 9. The van der Waals surface area contributed by atoms with Crippen molar-refractivity contribution in [1.82, 2.24) is 0 Å². The van der Waals surface area contributed by atoms with Crippen LogP contribution in [-0.2, 0) is 41.8 Å². The zero-order chi connectivity index (χ0) is 46.0. The van der Waals surface area contributed by atoms with Gasteiger partial charge >= 0.3 is 27.6 Å². The van der Waals surface area contributed by atoms with Crippen molar-refractivity contribution in [3.63, 3.8) is 0 Å². The third-order valence-electron chi connectivity index (χ3n) is 8.76. The third kappa shape index (κ3) is 45.3. The minimum absolute atomic E-state index is 0.0374. The highest BCUT2D eigenvalue weighted by Gasteiger charge is 2.28. The number of ether oxygens (including phenoxy) is 2. The quantitative estimate of drug-likeness (QED) is 0.0167. The minimum Gasteiger partial charge on any atom is -0.462 e. The zero-order valence-corrected chi connectivity index (χ0v) is 39.1. The maximum Gasteiger partial charge on any atom is 0.472 e. The van der Waals surface area contributed by atoms with Crippen LogP contribution in [0.2, 0.25) is 0 Å². The molecule has 0 aromatic heterocycles. The summed E-state index contributed by atoms with van der Waals surface area (Å²) < 4.78 is 47.6. The van der Waals surface area contributed by atoms with Gasteiger partial charge in [0.15, 0.2) is 6.10 Å². The summed E-state index contributed by atoms with van der Waals surface area (Å²) in [5.74, 6) is -1.18. The standard InChI is InChI=1S/C46H78O14P2/c1-3-4-5-6-7-8-9-10-11-12-15-19-22-25-28-31-34-37-46(50)60-44(41-59-62(54,55)58-39-43(48)38-57-61(51,52)53)40-56-45(49)36-33-30-27-24-21-18-16-13-14-17-20-23-26-29-32-35-42(2)47/h10-11,14-19,23-28,42-44,47-48H,3-9,12-13,20-22,29-41H2,1-2H3,(H,54,55)(H2,51,52,53)/b11-10-,17-14-,18-16-,19-15-,26-23-,27-24-,28-25-/t42-,43+,44-/m1/s1. The number of hydrogen-bond donors (Lipinski definition) is 5. The Bertz CT molecular complexity index is 1430. The second kappa shape index (κ2) is 41.0. The molecule has 0 aliphatic carbocycles. The summed E-state index contributed by atoms with van der Waals surface area (Å²) in [5.41, 5.74) is 0. The molecule has 0 aromatic rings. The molecule has 0 rings (SSSR count). The number of aliphatic hydroxyl groups excluding tert-OH is 2. The van der Waals surface area contributed by atoms with Crippen molar-refractivity contribution in [2.24, 2.45) is 0 Å². The van der Waals surface area contributed by atoms with E-state index in [0.29, 0.717) is 25.7 Å². The van der Waals surface area contributed by atoms with Crippen molar-refractivity contribution in [2.45, 2.75) is 167 Å². The van der Waals surface area contributed by atoms with E-state index < -0.39 is 66.2 Å². The van der Waals surface area contributed by atoms with Crippen molar-refractivity contribution in [2.75, 3.05) is 26.4 Å². The largest absolute Gasteiger partial charge is 0.472 e. The van der Waals surface area contributed by atoms with Crippen LogP contribution in [0.15, 0.2) is 85.1 Å². The van der Waals surface area contributed by atoms with Gasteiger partial charge in [-0.2, -0.15) is 0 Å². The molecule has 0 aliphatic heterocycles. The maximum absolute atomic E-state index is 12.6. The summed E-state index contributed by atoms with van der Waals surface area (Å²) in [5, 5.41) is 19.0. The molecule has 1 unspecified atom stereocenters. The van der Waals surface area contributed by atoms with E-state index in [1.165, 1.54) is 38.5 Å². The molecule has 62 heavy (non-hydrogen) atoms. The highest BCUT2D eigenvalue weighted by molar-refractivity contribution is 7.47. The van der Waals surface area contributed by atoms with E-state index in [4.69, 9.17) is 23.8 Å². The highest BCUT2D eigenvalue weighted by atomic mass is 31.2. The number of carbonyl (C=O) groups is 2. The molecule has 0 amide bonds. The molecule has 16 heteroatoms. The van der Waals surface area contributed by atoms with Gasteiger partial charge < -0.3 is 34.4 Å². The summed E-state index contributed by atoms with van der Waals surface area (Å²) in [7, 11) is -9.73. The number of aliphatic hydroxyl groups is 2. The normalized spacial score (nSPS) is 15.3. The molecule has 0 aromatic carbocycles. The fourth-order valence-corrected chi connectivity index (χ4v) is 6.53. The first kappa shape index (κ1) is 59.3. The molecule has 0 fully saturated rings. The van der Waals surface area contributed by atoms with E-state index >= 15 is 0 Å². The average molecular weight is 917 g/mol. The first-order valence-electron chi connectivity index (χ1n) is 22.3. The Labute approximate surface area is 371 Å². The van der Waals surface area contributed by atoms with Crippen molar-refractivity contribution in [1.29, 1.82) is 0 Å². The van der Waals surface area contributed by atoms with Crippen LogP contribution in [-0.4, -0.2) is 81.6 Å². The van der Waals surface area contributed by atoms with Gasteiger partial charge in [0, 0.05) is 12.8 Å². The molecule has 14 nitrogen and oxygen atoms in total. The van der Waals surface area contributed by atoms with Gasteiger partial charge in [0.2, 0.25) is 0 Å². The number of rotatable bonds is 41. The van der Waals surface area contributed by atoms with Crippen LogP contribution in [0, 0.1) is 0 Å². The molecule has 0 bridgehead atoms. The van der Waals surface area contributed by atoms with Crippen molar-refractivity contribution < 1.29 is 66.7 Å². The molecule has 0 saturated carbocycles. The van der Waals surface area contributed by atoms with Gasteiger partial charge in [-0.3, -0.25) is 23.2 Å². The van der Waals surface area contributed by atoms with Gasteiger partial charge in [-0.1, -0.05) is 124 Å². The van der Waals surface area contributed by atoms with Crippen molar-refractivity contribution in [3.8, 4) is 0 Å². The van der Waals surface area contributed by atoms with Gasteiger partial charge in [0.05, 0.1) is 25.9 Å². The van der Waals surface area contributed by atoms with Gasteiger partial charge in [0.1, 0.15) is 12.7 Å². The van der Waals surface area contributed by atoms with Crippen LogP contribution >= 0.6 is 15.6 Å². The fraction of sp³-hybridized carbons (Fsp3) is 0.652. The minimum atomic E-state index is -4.88. The van der Waals surface area contributed by atoms with E-state index in [2.05, 4.69) is 76.7 Å². The molecule has 5 N–H and O–H groups in total. The van der Waals surface area contributed by atoms with Crippen LogP contribution in [0.25, 0.3) is 0 Å². The fourth-order valence-electron chi connectivity index (χ4n) is 5.37. The molecule has 0 radical (unpaired) electrons. The predicted molar refractivity (Wildman–Crippen MR) is 245 cm³/mol. The highest BCUT2D eigenvalue weighted by Crippen LogP contribution is 2.43. The lowest BCUT2D eigenvalue weighted by Crippen LogP contribution is -2.29. The predicted octanol–water partition coefficient (Wildman–Crippen LogP) is 10.5. The summed E-state index contributed by atoms with van der Waals surface area (Å²) in [6.45, 7) is 1.17. The Hall–Kier alpha value is -2.74. The Morgan fingerprint density at radius 2 is 0.935 bits per heavy atom. The Kier molecular flexibility index (Phi) is 39.2. The molecule has 0 saturated heterocycles. The topological polar surface area (TPSA) is 216 Å². The summed E-state index contributed by atoms with van der Waals surface area (Å²) >= 11 is 0. The Morgan fingerprint density at radius 1 is 0.516 bits per heavy atom. The van der Waals surface area contributed by atoms with Crippen LogP contribution in [0.3, 0.4) is 0 Å². The van der Waals surface area contributed by atoms with E-state index in [1.54, 1.807) is 6.92 Å². The van der Waals surface area contributed by atoms with Gasteiger partial charge in [-0.15, -0.1) is 0 Å².